The van der Waals surface area contributed by atoms with Crippen LogP contribution in [0.2, 0.25) is 0 Å². The third-order valence-electron chi connectivity index (χ3n) is 2.62. The van der Waals surface area contributed by atoms with Gasteiger partial charge in [0.1, 0.15) is 11.4 Å². The lowest BCUT2D eigenvalue weighted by molar-refractivity contribution is -0.155. The van der Waals surface area contributed by atoms with Crippen LogP contribution in [-0.2, 0) is 16.0 Å². The molecule has 0 saturated carbocycles. The molecule has 0 saturated heterocycles. The van der Waals surface area contributed by atoms with Crippen LogP contribution in [0.4, 0.5) is 5.82 Å². The number of halogens is 1. The summed E-state index contributed by atoms with van der Waals surface area (Å²) in [6, 6.07) is 1.98. The Bertz CT molecular complexity index is 469. The third kappa shape index (κ3) is 3.22. The lowest BCUT2D eigenvalue weighted by Gasteiger charge is -2.20. The monoisotopic (exact) mass is 312 g/mol. The predicted octanol–water partition coefficient (Wildman–Crippen LogP) is 2.91. The standard InChI is InChI=1S/C13H17BrN2O2/c1-13(2,3)18-11(17)7-8-6-9-10(14)4-5-15-12(9)16-8/h4-5,8H,6-7H2,1-3H3,(H,15,16). The Hall–Kier alpha value is -1.10. The van der Waals surface area contributed by atoms with Crippen molar-refractivity contribution in [1.82, 2.24) is 4.98 Å². The molecule has 2 heterocycles. The van der Waals surface area contributed by atoms with Gasteiger partial charge in [0.2, 0.25) is 0 Å². The van der Waals surface area contributed by atoms with Gasteiger partial charge >= 0.3 is 5.97 Å². The highest BCUT2D eigenvalue weighted by molar-refractivity contribution is 9.10. The molecular weight excluding hydrogens is 296 g/mol. The summed E-state index contributed by atoms with van der Waals surface area (Å²) in [6.45, 7) is 5.62. The molecule has 1 aliphatic heterocycles. The fraction of sp³-hybridized carbons (Fsp3) is 0.538. The number of fused-ring (bicyclic) bond motifs is 1. The molecular formula is C13H17BrN2O2. The number of aromatic nitrogens is 1. The quantitative estimate of drug-likeness (QED) is 0.853. The van der Waals surface area contributed by atoms with Gasteiger partial charge in [-0.1, -0.05) is 15.9 Å². The van der Waals surface area contributed by atoms with E-state index in [0.717, 1.165) is 22.3 Å². The second-order valence-corrected chi connectivity index (χ2v) is 6.31. The van der Waals surface area contributed by atoms with Crippen LogP contribution in [0.25, 0.3) is 0 Å². The highest BCUT2D eigenvalue weighted by atomic mass is 79.9. The lowest BCUT2D eigenvalue weighted by atomic mass is 10.1. The Labute approximate surface area is 115 Å². The molecule has 4 nitrogen and oxygen atoms in total. The fourth-order valence-corrected chi connectivity index (χ4v) is 2.45. The number of pyridine rings is 1. The van der Waals surface area contributed by atoms with Crippen molar-refractivity contribution in [3.8, 4) is 0 Å². The Balaban J connectivity index is 1.96. The van der Waals surface area contributed by atoms with Crippen LogP contribution in [-0.4, -0.2) is 22.6 Å². The number of nitrogens with zero attached hydrogens (tertiary/aromatic N) is 1. The summed E-state index contributed by atoms with van der Waals surface area (Å²) >= 11 is 3.49. The van der Waals surface area contributed by atoms with Gasteiger partial charge in [-0.25, -0.2) is 4.98 Å². The van der Waals surface area contributed by atoms with Gasteiger partial charge in [-0.05, 0) is 33.3 Å². The van der Waals surface area contributed by atoms with E-state index in [1.165, 1.54) is 0 Å². The normalized spacial score (nSPS) is 18.1. The van der Waals surface area contributed by atoms with E-state index in [-0.39, 0.29) is 12.0 Å². The maximum atomic E-state index is 11.8. The minimum Gasteiger partial charge on any atom is -0.460 e. The number of hydrogen-bond donors (Lipinski definition) is 1. The number of anilines is 1. The molecule has 1 N–H and O–H groups in total. The Morgan fingerprint density at radius 2 is 2.33 bits per heavy atom. The highest BCUT2D eigenvalue weighted by Gasteiger charge is 2.27. The molecule has 5 heteroatoms. The van der Waals surface area contributed by atoms with Gasteiger partial charge in [-0.2, -0.15) is 0 Å². The van der Waals surface area contributed by atoms with Gasteiger partial charge in [-0.15, -0.1) is 0 Å². The zero-order valence-corrected chi connectivity index (χ0v) is 12.4. The number of esters is 1. The van der Waals surface area contributed by atoms with Crippen molar-refractivity contribution in [2.75, 3.05) is 5.32 Å². The first-order chi connectivity index (χ1) is 8.35. The van der Waals surface area contributed by atoms with Gasteiger partial charge in [-0.3, -0.25) is 4.79 Å². The molecule has 18 heavy (non-hydrogen) atoms. The average Bonchev–Trinajstić information content (AvgIpc) is 2.58. The van der Waals surface area contributed by atoms with Crippen molar-refractivity contribution in [1.29, 1.82) is 0 Å². The number of carbonyl (C=O) groups is 1. The number of nitrogens with one attached hydrogen (secondary N) is 1. The second kappa shape index (κ2) is 4.88. The smallest absolute Gasteiger partial charge is 0.308 e. The summed E-state index contributed by atoms with van der Waals surface area (Å²) in [6.07, 6.45) is 2.90. The van der Waals surface area contributed by atoms with Crippen LogP contribution in [0.3, 0.4) is 0 Å². The van der Waals surface area contributed by atoms with E-state index in [4.69, 9.17) is 4.74 Å². The molecule has 0 radical (unpaired) electrons. The van der Waals surface area contributed by atoms with Gasteiger partial charge in [0.15, 0.2) is 0 Å². The molecule has 98 valence electrons. The Kier molecular flexibility index (Phi) is 3.61. The largest absolute Gasteiger partial charge is 0.460 e. The summed E-state index contributed by atoms with van der Waals surface area (Å²) in [5.74, 6) is 0.682. The molecule has 2 rings (SSSR count). The van der Waals surface area contributed by atoms with Crippen molar-refractivity contribution < 1.29 is 9.53 Å². The van der Waals surface area contributed by atoms with E-state index in [2.05, 4.69) is 26.2 Å². The molecule has 0 fully saturated rings. The maximum absolute atomic E-state index is 11.8. The average molecular weight is 313 g/mol. The van der Waals surface area contributed by atoms with Crippen LogP contribution in [0.1, 0.15) is 32.8 Å². The fourth-order valence-electron chi connectivity index (χ4n) is 1.99. The van der Waals surface area contributed by atoms with E-state index >= 15 is 0 Å². The molecule has 0 amide bonds. The Morgan fingerprint density at radius 1 is 1.61 bits per heavy atom. The zero-order valence-electron chi connectivity index (χ0n) is 10.8. The molecule has 1 aliphatic rings. The van der Waals surface area contributed by atoms with Gasteiger partial charge in [0, 0.05) is 22.3 Å². The summed E-state index contributed by atoms with van der Waals surface area (Å²) in [7, 11) is 0. The first-order valence-corrected chi connectivity index (χ1v) is 6.76. The molecule has 0 aromatic carbocycles. The van der Waals surface area contributed by atoms with E-state index in [9.17, 15) is 4.79 Å². The molecule has 1 unspecified atom stereocenters. The van der Waals surface area contributed by atoms with E-state index in [1.54, 1.807) is 6.20 Å². The molecule has 0 aliphatic carbocycles. The molecule has 1 atom stereocenters. The van der Waals surface area contributed by atoms with Crippen LogP contribution >= 0.6 is 15.9 Å². The van der Waals surface area contributed by atoms with Crippen molar-refractivity contribution >= 4 is 27.7 Å². The molecule has 1 aromatic heterocycles. The summed E-state index contributed by atoms with van der Waals surface area (Å²) in [5, 5.41) is 3.25. The third-order valence-corrected chi connectivity index (χ3v) is 3.37. The van der Waals surface area contributed by atoms with Crippen LogP contribution in [0, 0.1) is 0 Å². The number of hydrogen-bond acceptors (Lipinski definition) is 4. The van der Waals surface area contributed by atoms with Gasteiger partial charge in [0.25, 0.3) is 0 Å². The highest BCUT2D eigenvalue weighted by Crippen LogP contribution is 2.31. The summed E-state index contributed by atoms with van der Waals surface area (Å²) < 4.78 is 6.35. The van der Waals surface area contributed by atoms with Crippen LogP contribution < -0.4 is 5.32 Å². The minimum absolute atomic E-state index is 0.0704. The van der Waals surface area contributed by atoms with E-state index in [0.29, 0.717) is 6.42 Å². The van der Waals surface area contributed by atoms with Crippen molar-refractivity contribution in [2.45, 2.75) is 45.3 Å². The topological polar surface area (TPSA) is 51.2 Å². The Morgan fingerprint density at radius 3 is 2.94 bits per heavy atom. The van der Waals surface area contributed by atoms with Crippen molar-refractivity contribution in [3.05, 3.63) is 22.3 Å². The number of ether oxygens (including phenoxy) is 1. The van der Waals surface area contributed by atoms with Crippen LogP contribution in [0.15, 0.2) is 16.7 Å². The molecule has 0 spiro atoms. The summed E-state index contributed by atoms with van der Waals surface area (Å²) in [4.78, 5) is 16.0. The predicted molar refractivity (Wildman–Crippen MR) is 73.5 cm³/mol. The van der Waals surface area contributed by atoms with Gasteiger partial charge < -0.3 is 10.1 Å². The van der Waals surface area contributed by atoms with E-state index < -0.39 is 5.60 Å². The second-order valence-electron chi connectivity index (χ2n) is 5.46. The zero-order chi connectivity index (χ0) is 13.3. The van der Waals surface area contributed by atoms with Crippen molar-refractivity contribution in [2.24, 2.45) is 0 Å². The van der Waals surface area contributed by atoms with Crippen LogP contribution in [0.5, 0.6) is 0 Å². The van der Waals surface area contributed by atoms with Crippen molar-refractivity contribution in [3.63, 3.8) is 0 Å². The van der Waals surface area contributed by atoms with Gasteiger partial charge in [0.05, 0.1) is 6.42 Å². The summed E-state index contributed by atoms with van der Waals surface area (Å²) in [5.41, 5.74) is 0.701. The number of rotatable bonds is 2. The first kappa shape index (κ1) is 13.3. The molecule has 1 aromatic rings. The minimum atomic E-state index is -0.429. The first-order valence-electron chi connectivity index (χ1n) is 5.97. The molecule has 0 bridgehead atoms. The maximum Gasteiger partial charge on any atom is 0.308 e. The lowest BCUT2D eigenvalue weighted by Crippen LogP contribution is -2.28. The SMILES string of the molecule is CC(C)(C)OC(=O)CC1Cc2c(Br)ccnc2N1. The number of carbonyl (C=O) groups excluding carboxylic acids is 1. The van der Waals surface area contributed by atoms with E-state index in [1.807, 2.05) is 26.8 Å².